The maximum absolute atomic E-state index is 13.6. The number of fused-ring (bicyclic) bond motifs is 1. The second kappa shape index (κ2) is 15.4. The molecular weight excluding hydrogens is 731 g/mol. The van der Waals surface area contributed by atoms with Crippen LogP contribution < -0.4 is 20.1 Å². The maximum Gasteiger partial charge on any atom is 0.196 e. The van der Waals surface area contributed by atoms with Crippen molar-refractivity contribution in [3.63, 3.8) is 0 Å². The van der Waals surface area contributed by atoms with Crippen LogP contribution in [0.5, 0.6) is 11.5 Å². The molecule has 6 rings (SSSR count). The summed E-state index contributed by atoms with van der Waals surface area (Å²) < 4.78 is 51.3. The van der Waals surface area contributed by atoms with Gasteiger partial charge in [-0.05, 0) is 76.4 Å². The summed E-state index contributed by atoms with van der Waals surface area (Å²) in [6, 6.07) is 20.4. The molecule has 3 aromatic carbocycles. The predicted molar refractivity (Wildman–Crippen MR) is 193 cm³/mol. The number of nitrogens with zero attached hydrogens (tertiary/aromatic N) is 4. The Kier molecular flexibility index (Phi) is 10.8. The number of aromatic nitrogens is 4. The molecule has 0 aliphatic rings. The molecule has 1 unspecified atom stereocenters. The topological polar surface area (TPSA) is 128 Å². The Morgan fingerprint density at radius 2 is 1.88 bits per heavy atom. The summed E-state index contributed by atoms with van der Waals surface area (Å²) in [6.45, 7) is 2.51. The van der Waals surface area contributed by atoms with Crippen molar-refractivity contribution in [2.24, 2.45) is 0 Å². The average Bonchev–Trinajstić information content (AvgIpc) is 3.60. The Balaban J connectivity index is 1.19. The lowest BCUT2D eigenvalue weighted by molar-refractivity contribution is 0.303. The second-order valence-corrected chi connectivity index (χ2v) is 14.8. The van der Waals surface area contributed by atoms with E-state index in [1.165, 1.54) is 42.1 Å². The van der Waals surface area contributed by atoms with Crippen LogP contribution in [-0.2, 0) is 16.4 Å². The highest BCUT2D eigenvalue weighted by atomic mass is 79.9. The van der Waals surface area contributed by atoms with Crippen molar-refractivity contribution in [2.75, 3.05) is 24.7 Å². The molecule has 0 aliphatic heterocycles. The molecule has 14 heteroatoms. The van der Waals surface area contributed by atoms with Gasteiger partial charge in [0, 0.05) is 40.8 Å². The molecule has 10 nitrogen and oxygen atoms in total. The fourth-order valence-corrected chi connectivity index (χ4v) is 7.73. The van der Waals surface area contributed by atoms with Crippen LogP contribution in [0.3, 0.4) is 0 Å². The molecule has 0 amide bonds. The minimum atomic E-state index is -3.51. The van der Waals surface area contributed by atoms with Gasteiger partial charge in [-0.15, -0.1) is 11.3 Å². The third-order valence-electron chi connectivity index (χ3n) is 7.66. The van der Waals surface area contributed by atoms with Crippen LogP contribution in [0, 0.1) is 5.82 Å². The second-order valence-electron chi connectivity index (χ2n) is 11.0. The van der Waals surface area contributed by atoms with Crippen molar-refractivity contribution >= 4 is 59.5 Å². The van der Waals surface area contributed by atoms with Crippen molar-refractivity contribution in [1.29, 1.82) is 0 Å². The van der Waals surface area contributed by atoms with Crippen LogP contribution in [-0.4, -0.2) is 47.8 Å². The lowest BCUT2D eigenvalue weighted by Gasteiger charge is -2.15. The van der Waals surface area contributed by atoms with E-state index in [1.54, 1.807) is 25.3 Å². The molecule has 6 aromatic rings. The number of hydrogen-bond donors (Lipinski definition) is 2. The molecule has 1 atom stereocenters. The van der Waals surface area contributed by atoms with Crippen LogP contribution in [0.2, 0.25) is 0 Å². The fraction of sp³-hybridized carbons (Fsp3) is 0.200. The Labute approximate surface area is 295 Å². The monoisotopic (exact) mass is 762 g/mol. The van der Waals surface area contributed by atoms with Crippen LogP contribution in [0.25, 0.3) is 22.2 Å². The molecule has 49 heavy (non-hydrogen) atoms. The number of thiazole rings is 1. The van der Waals surface area contributed by atoms with E-state index in [0.717, 1.165) is 43.8 Å². The van der Waals surface area contributed by atoms with E-state index in [2.05, 4.69) is 41.5 Å². The van der Waals surface area contributed by atoms with Gasteiger partial charge in [-0.3, -0.25) is 0 Å². The normalized spacial score (nSPS) is 12.2. The zero-order chi connectivity index (χ0) is 34.4. The molecule has 0 spiro atoms. The van der Waals surface area contributed by atoms with Crippen LogP contribution in [0.1, 0.15) is 30.0 Å². The van der Waals surface area contributed by atoms with E-state index in [9.17, 15) is 12.8 Å². The zero-order valence-electron chi connectivity index (χ0n) is 26.6. The van der Waals surface area contributed by atoms with Crippen molar-refractivity contribution in [3.8, 4) is 22.8 Å². The Hall–Kier alpha value is -4.50. The van der Waals surface area contributed by atoms with E-state index >= 15 is 0 Å². The molecule has 0 radical (unpaired) electrons. The molecule has 2 N–H and O–H groups in total. The summed E-state index contributed by atoms with van der Waals surface area (Å²) >= 11 is 5.08. The Morgan fingerprint density at radius 3 is 2.63 bits per heavy atom. The van der Waals surface area contributed by atoms with Crippen molar-refractivity contribution in [1.82, 2.24) is 25.3 Å². The number of sulfone groups is 1. The van der Waals surface area contributed by atoms with Gasteiger partial charge in [0.05, 0.1) is 34.6 Å². The van der Waals surface area contributed by atoms with Crippen molar-refractivity contribution < 1.29 is 22.3 Å². The van der Waals surface area contributed by atoms with Crippen molar-refractivity contribution in [2.45, 2.75) is 31.0 Å². The molecule has 0 fully saturated rings. The van der Waals surface area contributed by atoms with Crippen LogP contribution in [0.15, 0.2) is 100 Å². The van der Waals surface area contributed by atoms with Gasteiger partial charge in [0.2, 0.25) is 0 Å². The minimum Gasteiger partial charge on any atom is -0.496 e. The highest BCUT2D eigenvalue weighted by Crippen LogP contribution is 2.38. The lowest BCUT2D eigenvalue weighted by Crippen LogP contribution is -2.27. The van der Waals surface area contributed by atoms with Gasteiger partial charge in [-0.2, -0.15) is 0 Å². The summed E-state index contributed by atoms with van der Waals surface area (Å²) in [5, 5.41) is 10.4. The summed E-state index contributed by atoms with van der Waals surface area (Å²) in [7, 11) is -1.90. The average molecular weight is 764 g/mol. The zero-order valence-corrected chi connectivity index (χ0v) is 29.8. The first-order valence-electron chi connectivity index (χ1n) is 15.3. The molecule has 3 aromatic heterocycles. The van der Waals surface area contributed by atoms with Gasteiger partial charge in [0.25, 0.3) is 0 Å². The molecule has 0 saturated carbocycles. The summed E-state index contributed by atoms with van der Waals surface area (Å²) in [4.78, 5) is 17.9. The first-order valence-corrected chi connectivity index (χ1v) is 18.7. The highest BCUT2D eigenvalue weighted by molar-refractivity contribution is 9.10. The SMILES string of the molecule is CCC(NCCS(=O)(=O)c1ccccn1)c1nc(-c2cc3c(Nc4ccc(OCc5cccc(F)c5)c(Br)c4)ncnc3cc2OC)cs1. The van der Waals surface area contributed by atoms with E-state index in [-0.39, 0.29) is 35.8 Å². The molecular formula is C35H32BrFN6O4S2. The fourth-order valence-electron chi connectivity index (χ4n) is 5.15. The summed E-state index contributed by atoms with van der Waals surface area (Å²) in [5.74, 6) is 1.43. The van der Waals surface area contributed by atoms with E-state index in [0.29, 0.717) is 22.8 Å². The number of ether oxygens (including phenoxy) is 2. The van der Waals surface area contributed by atoms with Gasteiger partial charge in [0.15, 0.2) is 14.9 Å². The highest BCUT2D eigenvalue weighted by Gasteiger charge is 2.20. The lowest BCUT2D eigenvalue weighted by atomic mass is 10.1. The molecule has 0 saturated heterocycles. The number of anilines is 2. The van der Waals surface area contributed by atoms with Gasteiger partial charge >= 0.3 is 0 Å². The molecule has 0 aliphatic carbocycles. The van der Waals surface area contributed by atoms with E-state index < -0.39 is 9.84 Å². The standard InChI is InChI=1S/C35H32BrFN6O4S2/c1-3-28(38-13-14-49(44,45)33-9-4-5-12-39-33)35-43-30(20-48-35)25-17-26-29(18-32(25)46-2)40-21-41-34(26)42-24-10-11-31(27(36)16-24)47-19-22-7-6-8-23(37)15-22/h4-12,15-18,20-21,28,38H,3,13-14,19H2,1-2H3,(H,40,41,42). The molecule has 3 heterocycles. The third kappa shape index (κ3) is 8.21. The van der Waals surface area contributed by atoms with Crippen molar-refractivity contribution in [3.05, 3.63) is 112 Å². The first-order chi connectivity index (χ1) is 23.7. The van der Waals surface area contributed by atoms with E-state index in [1.807, 2.05) is 48.7 Å². The minimum absolute atomic E-state index is 0.0685. The number of pyridine rings is 1. The largest absolute Gasteiger partial charge is 0.496 e. The number of hydrogen-bond acceptors (Lipinski definition) is 11. The van der Waals surface area contributed by atoms with Gasteiger partial charge in [-0.25, -0.2) is 32.7 Å². The number of halogens is 2. The van der Waals surface area contributed by atoms with E-state index in [4.69, 9.17) is 14.5 Å². The van der Waals surface area contributed by atoms with Gasteiger partial charge in [0.1, 0.15) is 41.1 Å². The summed E-state index contributed by atoms with van der Waals surface area (Å²) in [6.07, 6.45) is 3.68. The Bertz CT molecular complexity index is 2190. The number of rotatable bonds is 14. The molecule has 0 bridgehead atoms. The number of benzene rings is 3. The van der Waals surface area contributed by atoms with Gasteiger partial charge < -0.3 is 20.1 Å². The maximum atomic E-state index is 13.6. The Morgan fingerprint density at radius 1 is 1.00 bits per heavy atom. The predicted octanol–water partition coefficient (Wildman–Crippen LogP) is 7.90. The van der Waals surface area contributed by atoms with Gasteiger partial charge in [-0.1, -0.05) is 25.1 Å². The quantitative estimate of drug-likeness (QED) is 0.113. The summed E-state index contributed by atoms with van der Waals surface area (Å²) in [5.41, 5.74) is 3.67. The third-order valence-corrected chi connectivity index (χ3v) is 10.9. The van der Waals surface area contributed by atoms with Crippen LogP contribution in [0.4, 0.5) is 15.9 Å². The smallest absolute Gasteiger partial charge is 0.196 e. The first kappa shape index (κ1) is 34.4. The number of nitrogens with one attached hydrogen (secondary N) is 2. The molecule has 252 valence electrons. The number of methoxy groups -OCH3 is 1. The van der Waals surface area contributed by atoms with Crippen LogP contribution >= 0.6 is 27.3 Å².